The van der Waals surface area contributed by atoms with Crippen LogP contribution < -0.4 is 5.32 Å². The predicted molar refractivity (Wildman–Crippen MR) is 85.6 cm³/mol. The van der Waals surface area contributed by atoms with Crippen molar-refractivity contribution in [3.8, 4) is 0 Å². The van der Waals surface area contributed by atoms with Gasteiger partial charge in [0.05, 0.1) is 0 Å². The van der Waals surface area contributed by atoms with Crippen LogP contribution in [0.15, 0.2) is 0 Å². The predicted octanol–water partition coefficient (Wildman–Crippen LogP) is 3.91. The van der Waals surface area contributed by atoms with Gasteiger partial charge in [0.15, 0.2) is 0 Å². The van der Waals surface area contributed by atoms with Crippen LogP contribution in [0.1, 0.15) is 66.2 Å². The summed E-state index contributed by atoms with van der Waals surface area (Å²) in [5.41, 5.74) is 0.519. The highest BCUT2D eigenvalue weighted by Crippen LogP contribution is 2.40. The molecule has 1 N–H and O–H groups in total. The van der Waals surface area contributed by atoms with Crippen molar-refractivity contribution in [3.63, 3.8) is 0 Å². The smallest absolute Gasteiger partial charge is 0.00872 e. The van der Waals surface area contributed by atoms with Gasteiger partial charge in [-0.1, -0.05) is 40.5 Å². The minimum Gasteiger partial charge on any atom is -0.316 e. The fourth-order valence-corrected chi connectivity index (χ4v) is 4.09. The summed E-state index contributed by atoms with van der Waals surface area (Å²) in [5.74, 6) is 0.905. The Morgan fingerprint density at radius 2 is 1.95 bits per heavy atom. The first-order chi connectivity index (χ1) is 9.06. The topological polar surface area (TPSA) is 15.3 Å². The standard InChI is InChI=1S/C17H36N2/c1-6-16(7-2)19(5)14-17(13-18-8-3)11-9-10-15(4)12-17/h15-16,18H,6-14H2,1-5H3. The minimum absolute atomic E-state index is 0.519. The second-order valence-electron chi connectivity index (χ2n) is 6.87. The SMILES string of the molecule is CCNCC1(CN(C)C(CC)CC)CCCC(C)C1. The monoisotopic (exact) mass is 268 g/mol. The molecule has 2 heteroatoms. The molecule has 2 nitrogen and oxygen atoms in total. The van der Waals surface area contributed by atoms with Crippen LogP contribution in [0, 0.1) is 11.3 Å². The van der Waals surface area contributed by atoms with E-state index in [0.29, 0.717) is 5.41 Å². The summed E-state index contributed by atoms with van der Waals surface area (Å²) >= 11 is 0. The first-order valence-corrected chi connectivity index (χ1v) is 8.47. The Morgan fingerprint density at radius 1 is 1.26 bits per heavy atom. The van der Waals surface area contributed by atoms with E-state index in [2.05, 4.69) is 45.0 Å². The van der Waals surface area contributed by atoms with E-state index < -0.39 is 0 Å². The van der Waals surface area contributed by atoms with Gasteiger partial charge in [-0.2, -0.15) is 0 Å². The number of nitrogens with zero attached hydrogens (tertiary/aromatic N) is 1. The summed E-state index contributed by atoms with van der Waals surface area (Å²) in [4.78, 5) is 2.63. The zero-order valence-corrected chi connectivity index (χ0v) is 14.0. The Labute approximate surface area is 121 Å². The highest BCUT2D eigenvalue weighted by molar-refractivity contribution is 4.90. The number of nitrogens with one attached hydrogen (secondary N) is 1. The Bertz CT molecular complexity index is 237. The molecule has 0 heterocycles. The first-order valence-electron chi connectivity index (χ1n) is 8.47. The van der Waals surface area contributed by atoms with E-state index in [1.807, 2.05) is 0 Å². The lowest BCUT2D eigenvalue weighted by Crippen LogP contribution is -2.48. The number of rotatable bonds is 8. The maximum Gasteiger partial charge on any atom is 0.00872 e. The van der Waals surface area contributed by atoms with E-state index in [1.165, 1.54) is 51.6 Å². The lowest BCUT2D eigenvalue weighted by molar-refractivity contribution is 0.0707. The summed E-state index contributed by atoms with van der Waals surface area (Å²) in [6.45, 7) is 12.9. The lowest BCUT2D eigenvalue weighted by atomic mass is 9.69. The van der Waals surface area contributed by atoms with E-state index in [-0.39, 0.29) is 0 Å². The van der Waals surface area contributed by atoms with Crippen LogP contribution in [0.4, 0.5) is 0 Å². The maximum absolute atomic E-state index is 3.63. The molecule has 0 spiro atoms. The number of hydrogen-bond donors (Lipinski definition) is 1. The van der Waals surface area contributed by atoms with Crippen molar-refractivity contribution in [3.05, 3.63) is 0 Å². The largest absolute Gasteiger partial charge is 0.316 e. The van der Waals surface area contributed by atoms with Crippen LogP contribution in [-0.2, 0) is 0 Å². The summed E-state index contributed by atoms with van der Waals surface area (Å²) in [6.07, 6.45) is 8.23. The molecule has 0 bridgehead atoms. The van der Waals surface area contributed by atoms with Gasteiger partial charge in [0.25, 0.3) is 0 Å². The molecule has 2 atom stereocenters. The van der Waals surface area contributed by atoms with Crippen molar-refractivity contribution < 1.29 is 0 Å². The van der Waals surface area contributed by atoms with Gasteiger partial charge in [-0.25, -0.2) is 0 Å². The molecule has 0 amide bonds. The molecule has 0 aromatic rings. The summed E-state index contributed by atoms with van der Waals surface area (Å²) in [7, 11) is 2.34. The van der Waals surface area contributed by atoms with Crippen molar-refractivity contribution in [1.82, 2.24) is 10.2 Å². The van der Waals surface area contributed by atoms with Crippen LogP contribution >= 0.6 is 0 Å². The molecule has 1 fully saturated rings. The summed E-state index contributed by atoms with van der Waals surface area (Å²) in [6, 6.07) is 0.760. The molecule has 1 saturated carbocycles. The third kappa shape index (κ3) is 5.07. The van der Waals surface area contributed by atoms with E-state index in [0.717, 1.165) is 18.5 Å². The fourth-order valence-electron chi connectivity index (χ4n) is 4.09. The molecule has 0 aromatic heterocycles. The molecule has 0 aliphatic heterocycles. The third-order valence-corrected chi connectivity index (χ3v) is 5.09. The molecular weight excluding hydrogens is 232 g/mol. The van der Waals surface area contributed by atoms with Gasteiger partial charge in [0.1, 0.15) is 0 Å². The van der Waals surface area contributed by atoms with Crippen molar-refractivity contribution in [1.29, 1.82) is 0 Å². The van der Waals surface area contributed by atoms with Crippen molar-refractivity contribution in [2.45, 2.75) is 72.3 Å². The first kappa shape index (κ1) is 17.0. The Morgan fingerprint density at radius 3 is 2.47 bits per heavy atom. The van der Waals surface area contributed by atoms with Crippen LogP contribution in [0.3, 0.4) is 0 Å². The number of hydrogen-bond acceptors (Lipinski definition) is 2. The van der Waals surface area contributed by atoms with Gasteiger partial charge in [0, 0.05) is 19.1 Å². The zero-order chi connectivity index (χ0) is 14.3. The maximum atomic E-state index is 3.63. The highest BCUT2D eigenvalue weighted by atomic mass is 15.1. The van der Waals surface area contributed by atoms with Gasteiger partial charge < -0.3 is 10.2 Å². The third-order valence-electron chi connectivity index (χ3n) is 5.09. The average molecular weight is 268 g/mol. The van der Waals surface area contributed by atoms with E-state index >= 15 is 0 Å². The Balaban J connectivity index is 2.67. The average Bonchev–Trinajstić information content (AvgIpc) is 2.38. The van der Waals surface area contributed by atoms with Gasteiger partial charge in [-0.05, 0) is 50.6 Å². The summed E-state index contributed by atoms with van der Waals surface area (Å²) in [5, 5.41) is 3.63. The van der Waals surface area contributed by atoms with Gasteiger partial charge in [-0.15, -0.1) is 0 Å². The van der Waals surface area contributed by atoms with Crippen molar-refractivity contribution in [2.75, 3.05) is 26.7 Å². The van der Waals surface area contributed by atoms with Gasteiger partial charge in [0.2, 0.25) is 0 Å². The zero-order valence-electron chi connectivity index (χ0n) is 14.0. The second kappa shape index (κ2) is 8.26. The Hall–Kier alpha value is -0.0800. The molecule has 114 valence electrons. The normalized spacial score (nSPS) is 28.3. The van der Waals surface area contributed by atoms with Crippen LogP contribution in [-0.4, -0.2) is 37.6 Å². The summed E-state index contributed by atoms with van der Waals surface area (Å²) < 4.78 is 0. The van der Waals surface area contributed by atoms with Crippen molar-refractivity contribution in [2.24, 2.45) is 11.3 Å². The minimum atomic E-state index is 0.519. The quantitative estimate of drug-likeness (QED) is 0.718. The second-order valence-corrected chi connectivity index (χ2v) is 6.87. The molecule has 1 rings (SSSR count). The Kier molecular flexibility index (Phi) is 7.38. The molecule has 0 radical (unpaired) electrons. The van der Waals surface area contributed by atoms with E-state index in [4.69, 9.17) is 0 Å². The molecule has 2 unspecified atom stereocenters. The van der Waals surface area contributed by atoms with E-state index in [1.54, 1.807) is 0 Å². The van der Waals surface area contributed by atoms with E-state index in [9.17, 15) is 0 Å². The van der Waals surface area contributed by atoms with Crippen LogP contribution in [0.5, 0.6) is 0 Å². The van der Waals surface area contributed by atoms with Crippen LogP contribution in [0.2, 0.25) is 0 Å². The molecular formula is C17H36N2. The fraction of sp³-hybridized carbons (Fsp3) is 1.00. The molecule has 0 aromatic carbocycles. The van der Waals surface area contributed by atoms with Gasteiger partial charge in [-0.3, -0.25) is 0 Å². The molecule has 0 saturated heterocycles. The van der Waals surface area contributed by atoms with Crippen molar-refractivity contribution >= 4 is 0 Å². The molecule has 1 aliphatic rings. The molecule has 1 aliphatic carbocycles. The van der Waals surface area contributed by atoms with Crippen LogP contribution in [0.25, 0.3) is 0 Å². The molecule has 19 heavy (non-hydrogen) atoms. The van der Waals surface area contributed by atoms with Gasteiger partial charge >= 0.3 is 0 Å². The lowest BCUT2D eigenvalue weighted by Gasteiger charge is -2.44. The highest BCUT2D eigenvalue weighted by Gasteiger charge is 2.36.